The van der Waals surface area contributed by atoms with Crippen LogP contribution in [0.3, 0.4) is 0 Å². The highest BCUT2D eigenvalue weighted by atomic mass is 16.5. The summed E-state index contributed by atoms with van der Waals surface area (Å²) < 4.78 is 7.32. The van der Waals surface area contributed by atoms with E-state index in [1.165, 1.54) is 12.8 Å². The molecule has 0 bridgehead atoms. The van der Waals surface area contributed by atoms with Gasteiger partial charge in [-0.1, -0.05) is 18.2 Å². The molecule has 110 valence electrons. The van der Waals surface area contributed by atoms with Crippen molar-refractivity contribution in [2.75, 3.05) is 11.9 Å². The second-order valence-electron chi connectivity index (χ2n) is 5.39. The molecule has 0 saturated heterocycles. The van der Waals surface area contributed by atoms with Crippen LogP contribution in [-0.4, -0.2) is 22.3 Å². The maximum absolute atomic E-state index is 12.0. The summed E-state index contributed by atoms with van der Waals surface area (Å²) in [6, 6.07) is 11.5. The molecule has 1 amide bonds. The Balaban J connectivity index is 1.56. The first-order valence-electron chi connectivity index (χ1n) is 7.25. The van der Waals surface area contributed by atoms with Gasteiger partial charge in [0.25, 0.3) is 5.91 Å². The smallest absolute Gasteiger partial charge is 0.263 e. The third-order valence-electron chi connectivity index (χ3n) is 3.74. The first kappa shape index (κ1) is 13.7. The maximum atomic E-state index is 12.0. The van der Waals surface area contributed by atoms with Crippen molar-refractivity contribution >= 4 is 11.7 Å². The second kappa shape index (κ2) is 5.99. The van der Waals surface area contributed by atoms with E-state index in [0.29, 0.717) is 17.7 Å². The zero-order valence-electron chi connectivity index (χ0n) is 12.0. The molecule has 0 radical (unpaired) electrons. The van der Waals surface area contributed by atoms with Gasteiger partial charge in [0, 0.05) is 6.07 Å². The number of aromatic nitrogens is 2. The molecule has 1 N–H and O–H groups in total. The molecule has 1 heterocycles. The number of anilines is 1. The van der Waals surface area contributed by atoms with E-state index < -0.39 is 0 Å². The number of carbonyl (C=O) groups excluding carboxylic acids is 1. The molecule has 1 atom stereocenters. The molecule has 5 nitrogen and oxygen atoms in total. The summed E-state index contributed by atoms with van der Waals surface area (Å²) in [6.07, 6.45) is 4.20. The highest BCUT2D eigenvalue weighted by molar-refractivity contribution is 5.91. The van der Waals surface area contributed by atoms with Gasteiger partial charge in [-0.2, -0.15) is 5.10 Å². The Morgan fingerprint density at radius 1 is 1.38 bits per heavy atom. The number of rotatable bonds is 6. The van der Waals surface area contributed by atoms with Gasteiger partial charge >= 0.3 is 0 Å². The molecule has 5 heteroatoms. The van der Waals surface area contributed by atoms with Crippen LogP contribution in [0.5, 0.6) is 5.75 Å². The maximum Gasteiger partial charge on any atom is 0.263 e. The van der Waals surface area contributed by atoms with Crippen LogP contribution in [0.25, 0.3) is 0 Å². The van der Waals surface area contributed by atoms with Crippen molar-refractivity contribution in [2.45, 2.75) is 25.8 Å². The number of nitrogens with zero attached hydrogens (tertiary/aromatic N) is 2. The lowest BCUT2D eigenvalue weighted by Gasteiger charge is -2.15. The van der Waals surface area contributed by atoms with Crippen LogP contribution in [0.1, 0.15) is 25.8 Å². The fraction of sp³-hybridized carbons (Fsp3) is 0.375. The number of carbonyl (C=O) groups is 1. The van der Waals surface area contributed by atoms with Crippen molar-refractivity contribution in [3.8, 4) is 5.75 Å². The minimum atomic E-state index is -0.177. The van der Waals surface area contributed by atoms with Crippen molar-refractivity contribution in [3.63, 3.8) is 0 Å². The quantitative estimate of drug-likeness (QED) is 0.888. The number of ether oxygens (including phenoxy) is 1. The van der Waals surface area contributed by atoms with Gasteiger partial charge in [0.15, 0.2) is 6.61 Å². The van der Waals surface area contributed by atoms with E-state index in [0.717, 1.165) is 5.82 Å². The van der Waals surface area contributed by atoms with E-state index >= 15 is 0 Å². The summed E-state index contributed by atoms with van der Waals surface area (Å²) in [6.45, 7) is 2.13. The van der Waals surface area contributed by atoms with Gasteiger partial charge in [0.05, 0.1) is 12.2 Å². The summed E-state index contributed by atoms with van der Waals surface area (Å²) in [4.78, 5) is 12.0. The molecule has 1 aromatic heterocycles. The fourth-order valence-electron chi connectivity index (χ4n) is 2.36. The van der Waals surface area contributed by atoms with Crippen LogP contribution in [0, 0.1) is 5.92 Å². The Kier molecular flexibility index (Phi) is 3.90. The molecule has 1 fully saturated rings. The lowest BCUT2D eigenvalue weighted by molar-refractivity contribution is -0.118. The molecule has 2 aromatic rings. The van der Waals surface area contributed by atoms with E-state index in [1.54, 1.807) is 6.20 Å². The molecule has 21 heavy (non-hydrogen) atoms. The van der Waals surface area contributed by atoms with Gasteiger partial charge in [-0.15, -0.1) is 0 Å². The Morgan fingerprint density at radius 2 is 2.14 bits per heavy atom. The topological polar surface area (TPSA) is 56.2 Å². The monoisotopic (exact) mass is 285 g/mol. The lowest BCUT2D eigenvalue weighted by atomic mass is 10.2. The van der Waals surface area contributed by atoms with E-state index in [9.17, 15) is 4.79 Å². The van der Waals surface area contributed by atoms with E-state index in [1.807, 2.05) is 41.1 Å². The van der Waals surface area contributed by atoms with Crippen LogP contribution in [0.4, 0.5) is 5.82 Å². The minimum Gasteiger partial charge on any atom is -0.484 e. The molecular formula is C16H19N3O2. The number of amides is 1. The van der Waals surface area contributed by atoms with E-state index in [2.05, 4.69) is 17.3 Å². The Labute approximate surface area is 123 Å². The van der Waals surface area contributed by atoms with Gasteiger partial charge in [0.2, 0.25) is 0 Å². The second-order valence-corrected chi connectivity index (χ2v) is 5.39. The van der Waals surface area contributed by atoms with Crippen LogP contribution in [0.2, 0.25) is 0 Å². The van der Waals surface area contributed by atoms with E-state index in [-0.39, 0.29) is 12.5 Å². The third kappa shape index (κ3) is 3.42. The van der Waals surface area contributed by atoms with Gasteiger partial charge in [0.1, 0.15) is 11.6 Å². The molecule has 0 aliphatic heterocycles. The minimum absolute atomic E-state index is 0.00694. The SMILES string of the molecule is CC(C1CC1)n1nccc1NC(=O)COc1ccccc1. The molecular weight excluding hydrogens is 266 g/mol. The van der Waals surface area contributed by atoms with Crippen molar-refractivity contribution in [1.29, 1.82) is 0 Å². The zero-order valence-corrected chi connectivity index (χ0v) is 12.0. The zero-order chi connectivity index (χ0) is 14.7. The predicted octanol–water partition coefficient (Wildman–Crippen LogP) is 2.87. The number of hydrogen-bond donors (Lipinski definition) is 1. The fourth-order valence-corrected chi connectivity index (χ4v) is 2.36. The highest BCUT2D eigenvalue weighted by Crippen LogP contribution is 2.40. The number of hydrogen-bond acceptors (Lipinski definition) is 3. The molecule has 0 spiro atoms. The summed E-state index contributed by atoms with van der Waals surface area (Å²) in [7, 11) is 0. The summed E-state index contributed by atoms with van der Waals surface area (Å²) >= 11 is 0. The first-order valence-corrected chi connectivity index (χ1v) is 7.25. The number of nitrogens with one attached hydrogen (secondary N) is 1. The van der Waals surface area contributed by atoms with Crippen molar-refractivity contribution < 1.29 is 9.53 Å². The average Bonchev–Trinajstić information content (AvgIpc) is 3.26. The number of para-hydroxylation sites is 1. The highest BCUT2D eigenvalue weighted by Gasteiger charge is 2.30. The molecule has 1 saturated carbocycles. The standard InChI is InChI=1S/C16H19N3O2/c1-12(13-7-8-13)19-15(9-10-17-19)18-16(20)11-21-14-5-3-2-4-6-14/h2-6,9-10,12-13H,7-8,11H2,1H3,(H,18,20). The van der Waals surface area contributed by atoms with Gasteiger partial charge in [-0.3, -0.25) is 4.79 Å². The summed E-state index contributed by atoms with van der Waals surface area (Å²) in [5.74, 6) is 1.92. The Morgan fingerprint density at radius 3 is 2.86 bits per heavy atom. The molecule has 1 unspecified atom stereocenters. The predicted molar refractivity (Wildman–Crippen MR) is 80.2 cm³/mol. The summed E-state index contributed by atoms with van der Waals surface area (Å²) in [5.41, 5.74) is 0. The van der Waals surface area contributed by atoms with Gasteiger partial charge in [-0.25, -0.2) is 4.68 Å². The van der Waals surface area contributed by atoms with Gasteiger partial charge < -0.3 is 10.1 Å². The molecule has 3 rings (SSSR count). The van der Waals surface area contributed by atoms with Crippen LogP contribution in [0.15, 0.2) is 42.6 Å². The lowest BCUT2D eigenvalue weighted by Crippen LogP contribution is -2.23. The largest absolute Gasteiger partial charge is 0.484 e. The molecule has 1 aromatic carbocycles. The van der Waals surface area contributed by atoms with E-state index in [4.69, 9.17) is 4.74 Å². The van der Waals surface area contributed by atoms with Crippen molar-refractivity contribution in [2.24, 2.45) is 5.92 Å². The van der Waals surface area contributed by atoms with Crippen LogP contribution in [-0.2, 0) is 4.79 Å². The van der Waals surface area contributed by atoms with Gasteiger partial charge in [-0.05, 0) is 37.8 Å². The molecule has 1 aliphatic carbocycles. The Bertz CT molecular complexity index is 605. The number of benzene rings is 1. The van der Waals surface area contributed by atoms with Crippen LogP contribution < -0.4 is 10.1 Å². The summed E-state index contributed by atoms with van der Waals surface area (Å²) in [5, 5.41) is 7.17. The normalized spacial score (nSPS) is 15.5. The van der Waals surface area contributed by atoms with Crippen molar-refractivity contribution in [3.05, 3.63) is 42.6 Å². The average molecular weight is 285 g/mol. The first-order chi connectivity index (χ1) is 10.2. The van der Waals surface area contributed by atoms with Crippen LogP contribution >= 0.6 is 0 Å². The Hall–Kier alpha value is -2.30. The van der Waals surface area contributed by atoms with Crippen molar-refractivity contribution in [1.82, 2.24) is 9.78 Å². The molecule has 1 aliphatic rings. The third-order valence-corrected chi connectivity index (χ3v) is 3.74.